The molecule has 0 spiro atoms. The minimum absolute atomic E-state index is 0.487. The highest BCUT2D eigenvalue weighted by atomic mass is 35.5. The quantitative estimate of drug-likeness (QED) is 0.787. The SMILES string of the molecule is CC1CN(C(C)C)c2cc(Cl)ccc2N1. The summed E-state index contributed by atoms with van der Waals surface area (Å²) >= 11 is 6.03. The maximum absolute atomic E-state index is 6.03. The third-order valence-electron chi connectivity index (χ3n) is 2.77. The molecule has 82 valence electrons. The van der Waals surface area contributed by atoms with Crippen LogP contribution in [0.15, 0.2) is 18.2 Å². The van der Waals surface area contributed by atoms with Gasteiger partial charge in [-0.25, -0.2) is 0 Å². The van der Waals surface area contributed by atoms with Crippen molar-refractivity contribution in [2.75, 3.05) is 16.8 Å². The van der Waals surface area contributed by atoms with Gasteiger partial charge in [0, 0.05) is 23.7 Å². The number of rotatable bonds is 1. The van der Waals surface area contributed by atoms with Crippen molar-refractivity contribution in [1.29, 1.82) is 0 Å². The Morgan fingerprint density at radius 1 is 1.47 bits per heavy atom. The molecule has 0 aliphatic carbocycles. The number of anilines is 2. The molecule has 0 radical (unpaired) electrons. The number of nitrogens with one attached hydrogen (secondary N) is 1. The van der Waals surface area contributed by atoms with E-state index in [1.807, 2.05) is 12.1 Å². The third-order valence-corrected chi connectivity index (χ3v) is 3.00. The normalized spacial score (nSPS) is 20.1. The van der Waals surface area contributed by atoms with Crippen LogP contribution in [-0.2, 0) is 0 Å². The van der Waals surface area contributed by atoms with Crippen LogP contribution in [-0.4, -0.2) is 18.6 Å². The number of nitrogens with zero attached hydrogens (tertiary/aromatic N) is 1. The molecule has 0 saturated heterocycles. The first-order chi connectivity index (χ1) is 7.08. The van der Waals surface area contributed by atoms with Gasteiger partial charge in [-0.3, -0.25) is 0 Å². The minimum atomic E-state index is 0.487. The lowest BCUT2D eigenvalue weighted by Crippen LogP contribution is -2.43. The summed E-state index contributed by atoms with van der Waals surface area (Å²) in [5.41, 5.74) is 2.41. The Hall–Kier alpha value is -0.890. The first-order valence-corrected chi connectivity index (χ1v) is 5.78. The molecule has 2 rings (SSSR count). The zero-order valence-corrected chi connectivity index (χ0v) is 10.2. The van der Waals surface area contributed by atoms with Gasteiger partial charge < -0.3 is 10.2 Å². The Morgan fingerprint density at radius 2 is 2.20 bits per heavy atom. The molecule has 15 heavy (non-hydrogen) atoms. The van der Waals surface area contributed by atoms with E-state index in [1.54, 1.807) is 0 Å². The molecule has 1 aromatic carbocycles. The summed E-state index contributed by atoms with van der Waals surface area (Å²) in [6.45, 7) is 7.66. The molecule has 1 heterocycles. The molecule has 0 aromatic heterocycles. The van der Waals surface area contributed by atoms with Crippen molar-refractivity contribution in [3.05, 3.63) is 23.2 Å². The maximum Gasteiger partial charge on any atom is 0.0620 e. The van der Waals surface area contributed by atoms with Crippen molar-refractivity contribution in [2.45, 2.75) is 32.9 Å². The highest BCUT2D eigenvalue weighted by Crippen LogP contribution is 2.34. The van der Waals surface area contributed by atoms with Crippen LogP contribution >= 0.6 is 11.6 Å². The predicted molar refractivity (Wildman–Crippen MR) is 67.0 cm³/mol. The average Bonchev–Trinajstić information content (AvgIpc) is 2.17. The van der Waals surface area contributed by atoms with Gasteiger partial charge in [0.1, 0.15) is 0 Å². The van der Waals surface area contributed by atoms with Gasteiger partial charge in [-0.1, -0.05) is 11.6 Å². The number of hydrogen-bond donors (Lipinski definition) is 1. The summed E-state index contributed by atoms with van der Waals surface area (Å²) in [6, 6.07) is 7.02. The first kappa shape index (κ1) is 10.6. The molecule has 1 unspecified atom stereocenters. The van der Waals surface area contributed by atoms with Crippen LogP contribution in [0.2, 0.25) is 5.02 Å². The second kappa shape index (κ2) is 3.93. The summed E-state index contributed by atoms with van der Waals surface area (Å²) in [6.07, 6.45) is 0. The summed E-state index contributed by atoms with van der Waals surface area (Å²) in [7, 11) is 0. The Labute approximate surface area is 96.2 Å². The Morgan fingerprint density at radius 3 is 2.87 bits per heavy atom. The van der Waals surface area contributed by atoms with Gasteiger partial charge in [0.15, 0.2) is 0 Å². The molecule has 1 aliphatic rings. The second-order valence-corrected chi connectivity index (χ2v) is 4.89. The van der Waals surface area contributed by atoms with E-state index >= 15 is 0 Å². The van der Waals surface area contributed by atoms with Crippen LogP contribution in [0.5, 0.6) is 0 Å². The fourth-order valence-corrected chi connectivity index (χ4v) is 2.22. The largest absolute Gasteiger partial charge is 0.379 e. The molecule has 0 bridgehead atoms. The number of benzene rings is 1. The van der Waals surface area contributed by atoms with Crippen molar-refractivity contribution >= 4 is 23.0 Å². The highest BCUT2D eigenvalue weighted by molar-refractivity contribution is 6.31. The molecule has 3 heteroatoms. The van der Waals surface area contributed by atoms with Crippen LogP contribution in [0.25, 0.3) is 0 Å². The van der Waals surface area contributed by atoms with Gasteiger partial charge in [0.25, 0.3) is 0 Å². The molecule has 1 aromatic rings. The molecule has 2 nitrogen and oxygen atoms in total. The zero-order chi connectivity index (χ0) is 11.0. The van der Waals surface area contributed by atoms with E-state index in [2.05, 4.69) is 37.1 Å². The number of hydrogen-bond acceptors (Lipinski definition) is 2. The summed E-state index contributed by atoms with van der Waals surface area (Å²) < 4.78 is 0. The monoisotopic (exact) mass is 224 g/mol. The molecule has 1 N–H and O–H groups in total. The number of fused-ring (bicyclic) bond motifs is 1. The van der Waals surface area contributed by atoms with Gasteiger partial charge >= 0.3 is 0 Å². The van der Waals surface area contributed by atoms with Gasteiger partial charge in [-0.2, -0.15) is 0 Å². The van der Waals surface area contributed by atoms with E-state index in [9.17, 15) is 0 Å². The van der Waals surface area contributed by atoms with Gasteiger partial charge in [-0.05, 0) is 39.0 Å². The summed E-state index contributed by atoms with van der Waals surface area (Å²) in [4.78, 5) is 2.39. The molecule has 0 saturated carbocycles. The second-order valence-electron chi connectivity index (χ2n) is 4.45. The zero-order valence-electron chi connectivity index (χ0n) is 9.42. The fraction of sp³-hybridized carbons (Fsp3) is 0.500. The number of halogens is 1. The van der Waals surface area contributed by atoms with Crippen molar-refractivity contribution < 1.29 is 0 Å². The van der Waals surface area contributed by atoms with Gasteiger partial charge in [0.2, 0.25) is 0 Å². The lowest BCUT2D eigenvalue weighted by Gasteiger charge is -2.38. The van der Waals surface area contributed by atoms with Crippen LogP contribution < -0.4 is 10.2 Å². The standard InChI is InChI=1S/C12H17ClN2/c1-8(2)15-7-9(3)14-11-5-4-10(13)6-12(11)15/h4-6,8-9,14H,7H2,1-3H3. The lowest BCUT2D eigenvalue weighted by molar-refractivity contribution is 0.624. The Bertz CT molecular complexity index is 363. The summed E-state index contributed by atoms with van der Waals surface area (Å²) in [5.74, 6) is 0. The van der Waals surface area contributed by atoms with E-state index in [0.717, 1.165) is 11.6 Å². The highest BCUT2D eigenvalue weighted by Gasteiger charge is 2.22. The van der Waals surface area contributed by atoms with Crippen LogP contribution in [0, 0.1) is 0 Å². The van der Waals surface area contributed by atoms with Crippen molar-refractivity contribution in [1.82, 2.24) is 0 Å². The fourth-order valence-electron chi connectivity index (χ4n) is 2.06. The van der Waals surface area contributed by atoms with E-state index in [1.165, 1.54) is 11.4 Å². The molecule has 1 aliphatic heterocycles. The summed E-state index contributed by atoms with van der Waals surface area (Å²) in [5, 5.41) is 4.27. The molecule has 0 amide bonds. The Kier molecular flexibility index (Phi) is 2.79. The molecular formula is C12H17ClN2. The van der Waals surface area contributed by atoms with Crippen molar-refractivity contribution in [3.63, 3.8) is 0 Å². The van der Waals surface area contributed by atoms with Crippen LogP contribution in [0.4, 0.5) is 11.4 Å². The average molecular weight is 225 g/mol. The lowest BCUT2D eigenvalue weighted by atomic mass is 10.1. The Balaban J connectivity index is 2.43. The van der Waals surface area contributed by atoms with Gasteiger partial charge in [-0.15, -0.1) is 0 Å². The van der Waals surface area contributed by atoms with E-state index in [-0.39, 0.29) is 0 Å². The molecule has 1 atom stereocenters. The van der Waals surface area contributed by atoms with Crippen molar-refractivity contribution in [3.8, 4) is 0 Å². The smallest absolute Gasteiger partial charge is 0.0620 e. The minimum Gasteiger partial charge on any atom is -0.379 e. The molecular weight excluding hydrogens is 208 g/mol. The van der Waals surface area contributed by atoms with Crippen molar-refractivity contribution in [2.24, 2.45) is 0 Å². The molecule has 0 fully saturated rings. The van der Waals surface area contributed by atoms with E-state index in [4.69, 9.17) is 11.6 Å². The maximum atomic E-state index is 6.03. The first-order valence-electron chi connectivity index (χ1n) is 5.40. The van der Waals surface area contributed by atoms with Gasteiger partial charge in [0.05, 0.1) is 11.4 Å². The van der Waals surface area contributed by atoms with E-state index < -0.39 is 0 Å². The predicted octanol–water partition coefficient (Wildman–Crippen LogP) is 3.37. The third kappa shape index (κ3) is 2.05. The topological polar surface area (TPSA) is 15.3 Å². The van der Waals surface area contributed by atoms with Crippen LogP contribution in [0.1, 0.15) is 20.8 Å². The van der Waals surface area contributed by atoms with Crippen LogP contribution in [0.3, 0.4) is 0 Å². The van der Waals surface area contributed by atoms with E-state index in [0.29, 0.717) is 12.1 Å².